The fourth-order valence-electron chi connectivity index (χ4n) is 1.21. The molecule has 1 rings (SSSR count). The molecule has 1 heterocycles. The van der Waals surface area contributed by atoms with E-state index in [0.717, 1.165) is 13.0 Å². The van der Waals surface area contributed by atoms with Gasteiger partial charge in [-0.05, 0) is 20.0 Å². The Morgan fingerprint density at radius 1 is 1.47 bits per heavy atom. The van der Waals surface area contributed by atoms with Crippen LogP contribution in [0.3, 0.4) is 0 Å². The molecule has 0 atom stereocenters. The van der Waals surface area contributed by atoms with Crippen molar-refractivity contribution in [1.82, 2.24) is 10.3 Å². The summed E-state index contributed by atoms with van der Waals surface area (Å²) in [6.07, 6.45) is -1.40. The van der Waals surface area contributed by atoms with Crippen LogP contribution in [0.15, 0.2) is 10.6 Å². The summed E-state index contributed by atoms with van der Waals surface area (Å²) < 4.78 is 45.0. The molecule has 1 aromatic heterocycles. The number of aromatic nitrogens is 1. The van der Waals surface area contributed by atoms with Crippen molar-refractivity contribution < 1.29 is 22.3 Å². The Bertz CT molecular complexity index is 326. The molecule has 98 valence electrons. The molecule has 0 aliphatic carbocycles. The highest BCUT2D eigenvalue weighted by molar-refractivity contribution is 4.92. The summed E-state index contributed by atoms with van der Waals surface area (Å²) in [4.78, 5) is 3.95. The molecule has 4 nitrogen and oxygen atoms in total. The van der Waals surface area contributed by atoms with Gasteiger partial charge in [-0.25, -0.2) is 4.98 Å². The van der Waals surface area contributed by atoms with E-state index in [2.05, 4.69) is 15.0 Å². The maximum atomic E-state index is 11.8. The van der Waals surface area contributed by atoms with Crippen LogP contribution in [-0.4, -0.2) is 31.4 Å². The lowest BCUT2D eigenvalue weighted by atomic mass is 10.3. The number of nitrogens with zero attached hydrogens (tertiary/aromatic N) is 1. The third-order valence-corrected chi connectivity index (χ3v) is 1.93. The van der Waals surface area contributed by atoms with Gasteiger partial charge in [0.15, 0.2) is 5.89 Å². The fraction of sp³-hybridized carbons (Fsp3) is 0.700. The number of alkyl halides is 3. The van der Waals surface area contributed by atoms with Crippen molar-refractivity contribution >= 4 is 0 Å². The summed E-state index contributed by atoms with van der Waals surface area (Å²) in [6, 6.07) is 0. The molecule has 0 aliphatic heterocycles. The van der Waals surface area contributed by atoms with Crippen molar-refractivity contribution in [1.29, 1.82) is 0 Å². The quantitative estimate of drug-likeness (QED) is 0.753. The zero-order valence-corrected chi connectivity index (χ0v) is 9.51. The monoisotopic (exact) mass is 252 g/mol. The molecule has 7 heteroatoms. The van der Waals surface area contributed by atoms with Gasteiger partial charge in [0.25, 0.3) is 0 Å². The number of aryl methyl sites for hydroxylation is 1. The molecule has 1 aromatic rings. The standard InChI is InChI=1S/C10H15F3N2O2/c1-14-4-2-3-9-15-5-8(17-9)6-16-7-10(11,12)13/h5,14H,2-4,6-7H2,1H3. The van der Waals surface area contributed by atoms with Crippen LogP contribution in [0.4, 0.5) is 13.2 Å². The SMILES string of the molecule is CNCCCc1ncc(COCC(F)(F)F)o1. The van der Waals surface area contributed by atoms with Gasteiger partial charge in [0.1, 0.15) is 19.0 Å². The van der Waals surface area contributed by atoms with Crippen LogP contribution in [0.2, 0.25) is 0 Å². The predicted octanol–water partition coefficient (Wildman–Crippen LogP) is 1.91. The van der Waals surface area contributed by atoms with Crippen LogP contribution in [0.25, 0.3) is 0 Å². The molecule has 0 radical (unpaired) electrons. The number of hydrogen-bond acceptors (Lipinski definition) is 4. The van der Waals surface area contributed by atoms with Crippen LogP contribution in [-0.2, 0) is 17.8 Å². The first-order valence-electron chi connectivity index (χ1n) is 5.24. The molecule has 0 bridgehead atoms. The van der Waals surface area contributed by atoms with Gasteiger partial charge in [0.2, 0.25) is 0 Å². The number of rotatable bonds is 7. The maximum Gasteiger partial charge on any atom is 0.411 e. The smallest absolute Gasteiger partial charge is 0.411 e. The molecule has 0 fully saturated rings. The van der Waals surface area contributed by atoms with Gasteiger partial charge in [0.05, 0.1) is 6.20 Å². The van der Waals surface area contributed by atoms with Gasteiger partial charge in [0, 0.05) is 6.42 Å². The first kappa shape index (κ1) is 14.0. The van der Waals surface area contributed by atoms with Crippen molar-refractivity contribution in [3.8, 4) is 0 Å². The average molecular weight is 252 g/mol. The van der Waals surface area contributed by atoms with E-state index >= 15 is 0 Å². The van der Waals surface area contributed by atoms with Gasteiger partial charge in [-0.2, -0.15) is 13.2 Å². The lowest BCUT2D eigenvalue weighted by molar-refractivity contribution is -0.177. The fourth-order valence-corrected chi connectivity index (χ4v) is 1.21. The molecular formula is C10H15F3N2O2. The topological polar surface area (TPSA) is 47.3 Å². The molecule has 0 amide bonds. The van der Waals surface area contributed by atoms with Crippen molar-refractivity contribution in [3.63, 3.8) is 0 Å². The second-order valence-electron chi connectivity index (χ2n) is 3.54. The first-order valence-corrected chi connectivity index (χ1v) is 5.24. The third kappa shape index (κ3) is 6.28. The predicted molar refractivity (Wildman–Crippen MR) is 54.5 cm³/mol. The summed E-state index contributed by atoms with van der Waals surface area (Å²) in [7, 11) is 1.84. The van der Waals surface area contributed by atoms with E-state index in [1.807, 2.05) is 7.05 Å². The molecule has 0 aliphatic rings. The normalized spacial score (nSPS) is 12.0. The van der Waals surface area contributed by atoms with Gasteiger partial charge in [-0.15, -0.1) is 0 Å². The number of nitrogens with one attached hydrogen (secondary N) is 1. The first-order chi connectivity index (χ1) is 8.01. The van der Waals surface area contributed by atoms with Crippen molar-refractivity contribution in [2.24, 2.45) is 0 Å². The van der Waals surface area contributed by atoms with Crippen LogP contribution < -0.4 is 5.32 Å². The molecule has 0 saturated carbocycles. The Kier molecular flexibility index (Phi) is 5.43. The average Bonchev–Trinajstić information content (AvgIpc) is 2.64. The number of hydrogen-bond donors (Lipinski definition) is 1. The van der Waals surface area contributed by atoms with Gasteiger partial charge < -0.3 is 14.5 Å². The highest BCUT2D eigenvalue weighted by Crippen LogP contribution is 2.16. The third-order valence-electron chi connectivity index (χ3n) is 1.93. The molecule has 1 N–H and O–H groups in total. The zero-order valence-electron chi connectivity index (χ0n) is 9.51. The van der Waals surface area contributed by atoms with E-state index in [4.69, 9.17) is 4.42 Å². The van der Waals surface area contributed by atoms with Crippen molar-refractivity contribution in [2.45, 2.75) is 25.6 Å². The Labute approximate surface area is 97.2 Å². The number of halogens is 3. The lowest BCUT2D eigenvalue weighted by Crippen LogP contribution is -2.16. The second-order valence-corrected chi connectivity index (χ2v) is 3.54. The summed E-state index contributed by atoms with van der Waals surface area (Å²) >= 11 is 0. The van der Waals surface area contributed by atoms with Crippen LogP contribution >= 0.6 is 0 Å². The minimum Gasteiger partial charge on any atom is -0.443 e. The van der Waals surface area contributed by atoms with Crippen molar-refractivity contribution in [2.75, 3.05) is 20.2 Å². The van der Waals surface area contributed by atoms with Gasteiger partial charge in [-0.1, -0.05) is 0 Å². The van der Waals surface area contributed by atoms with E-state index in [9.17, 15) is 13.2 Å². The summed E-state index contributed by atoms with van der Waals surface area (Å²) in [5, 5.41) is 2.98. The lowest BCUT2D eigenvalue weighted by Gasteiger charge is -2.05. The van der Waals surface area contributed by atoms with Crippen LogP contribution in [0.1, 0.15) is 18.1 Å². The highest BCUT2D eigenvalue weighted by atomic mass is 19.4. The van der Waals surface area contributed by atoms with Gasteiger partial charge in [-0.3, -0.25) is 0 Å². The largest absolute Gasteiger partial charge is 0.443 e. The maximum absolute atomic E-state index is 11.8. The Morgan fingerprint density at radius 3 is 2.88 bits per heavy atom. The van der Waals surface area contributed by atoms with E-state index in [1.54, 1.807) is 0 Å². The number of ether oxygens (including phenoxy) is 1. The van der Waals surface area contributed by atoms with E-state index in [-0.39, 0.29) is 6.61 Å². The summed E-state index contributed by atoms with van der Waals surface area (Å²) in [5.74, 6) is 0.833. The summed E-state index contributed by atoms with van der Waals surface area (Å²) in [6.45, 7) is -0.649. The molecule has 17 heavy (non-hydrogen) atoms. The molecule has 0 saturated heterocycles. The molecule has 0 unspecified atom stereocenters. The zero-order chi connectivity index (χ0) is 12.7. The minimum absolute atomic E-state index is 0.210. The van der Waals surface area contributed by atoms with E-state index in [0.29, 0.717) is 18.1 Å². The molecular weight excluding hydrogens is 237 g/mol. The second kappa shape index (κ2) is 6.61. The summed E-state index contributed by atoms with van der Waals surface area (Å²) in [5.41, 5.74) is 0. The Hall–Kier alpha value is -1.08. The molecule has 0 aromatic carbocycles. The van der Waals surface area contributed by atoms with Crippen molar-refractivity contribution in [3.05, 3.63) is 17.8 Å². The van der Waals surface area contributed by atoms with E-state index in [1.165, 1.54) is 6.20 Å². The minimum atomic E-state index is -4.31. The number of oxazole rings is 1. The Morgan fingerprint density at radius 2 is 2.24 bits per heavy atom. The van der Waals surface area contributed by atoms with Crippen LogP contribution in [0.5, 0.6) is 0 Å². The van der Waals surface area contributed by atoms with Crippen LogP contribution in [0, 0.1) is 0 Å². The van der Waals surface area contributed by atoms with E-state index < -0.39 is 12.8 Å². The highest BCUT2D eigenvalue weighted by Gasteiger charge is 2.27. The Balaban J connectivity index is 2.26. The van der Waals surface area contributed by atoms with Gasteiger partial charge >= 0.3 is 6.18 Å². The molecule has 0 spiro atoms.